The van der Waals surface area contributed by atoms with Crippen LogP contribution in [0.2, 0.25) is 0 Å². The predicted octanol–water partition coefficient (Wildman–Crippen LogP) is 9.97. The number of carbonyl (C=O) groups excluding carboxylic acids is 1. The van der Waals surface area contributed by atoms with Gasteiger partial charge in [0.2, 0.25) is 0 Å². The average molecular weight is 840 g/mol. The molecule has 320 valence electrons. The minimum atomic E-state index is -0.873. The zero-order valence-electron chi connectivity index (χ0n) is 36.3. The summed E-state index contributed by atoms with van der Waals surface area (Å²) in [5.41, 5.74) is 4.18. The van der Waals surface area contributed by atoms with E-state index in [-0.39, 0.29) is 5.54 Å². The van der Waals surface area contributed by atoms with Crippen molar-refractivity contribution in [1.29, 1.82) is 0 Å². The Bertz CT molecular complexity index is 1700. The Labute approximate surface area is 358 Å². The molecule has 4 aliphatic rings. The van der Waals surface area contributed by atoms with Crippen LogP contribution in [0.4, 0.5) is 4.79 Å². The molecule has 0 bridgehead atoms. The van der Waals surface area contributed by atoms with E-state index in [4.69, 9.17) is 37.4 Å². The molecule has 7 rings (SSSR count). The first-order valence-corrected chi connectivity index (χ1v) is 21.7. The number of methoxy groups -OCH3 is 3. The van der Waals surface area contributed by atoms with Crippen molar-refractivity contribution < 1.29 is 23.7 Å². The zero-order valence-corrected chi connectivity index (χ0v) is 37.8. The summed E-state index contributed by atoms with van der Waals surface area (Å²) in [5, 5.41) is 3.51. The number of likely N-dealkylation sites (tertiary alicyclic amines) is 3. The molecule has 1 unspecified atom stereocenters. The second kappa shape index (κ2) is 20.5. The Morgan fingerprint density at radius 3 is 1.33 bits per heavy atom. The van der Waals surface area contributed by atoms with Crippen molar-refractivity contribution in [2.75, 3.05) is 60.6 Å². The van der Waals surface area contributed by atoms with Gasteiger partial charge in [-0.15, -0.1) is 0 Å². The van der Waals surface area contributed by atoms with Crippen molar-refractivity contribution in [2.45, 2.75) is 109 Å². The standard InChI is InChI=1S/C26H36N2O2.C18H28N2O.C3H4Cl2O2/c1-25(2)19-26(20-28(25)18-22-7-11-24(30-4)12-8-22)13-15-27(16-14-26)17-21-5-9-23(29-3)10-6-21;1-17(2)13-18(8-10-19-11-9-18)14-20(17)12-15-4-6-16(21-3)7-5-15;1-2(4)7-3(5)6/h5-12H,13-20H2,1-4H3;4-7,19H,8-14H2,1-3H3;2H,1H3. The second-order valence-corrected chi connectivity index (χ2v) is 19.1. The molecule has 4 aliphatic heterocycles. The summed E-state index contributed by atoms with van der Waals surface area (Å²) in [5.74, 6) is 2.80. The number of alkyl halides is 1. The lowest BCUT2D eigenvalue weighted by Crippen LogP contribution is -2.41. The van der Waals surface area contributed by atoms with E-state index in [2.05, 4.69) is 125 Å². The molecule has 0 aromatic heterocycles. The number of piperidine rings is 2. The number of nitrogens with zero attached hydrogens (tertiary/aromatic N) is 3. The Hall–Kier alpha value is -3.05. The molecule has 4 fully saturated rings. The highest BCUT2D eigenvalue weighted by Crippen LogP contribution is 2.49. The first kappa shape index (κ1) is 46.0. The number of halogens is 2. The lowest BCUT2D eigenvalue weighted by molar-refractivity contribution is 0.102. The highest BCUT2D eigenvalue weighted by atomic mass is 35.5. The quantitative estimate of drug-likeness (QED) is 0.159. The van der Waals surface area contributed by atoms with Gasteiger partial charge in [0.05, 0.1) is 21.3 Å². The molecule has 1 N–H and O–H groups in total. The summed E-state index contributed by atoms with van der Waals surface area (Å²) in [6.45, 7) is 21.5. The number of nitrogens with one attached hydrogen (secondary N) is 1. The van der Waals surface area contributed by atoms with Crippen LogP contribution in [0.25, 0.3) is 0 Å². The van der Waals surface area contributed by atoms with E-state index in [1.807, 2.05) is 0 Å². The van der Waals surface area contributed by atoms with Crippen molar-refractivity contribution in [3.05, 3.63) is 89.5 Å². The lowest BCUT2D eigenvalue weighted by atomic mass is 9.74. The molecule has 0 saturated carbocycles. The number of rotatable bonds is 10. The minimum absolute atomic E-state index is 0.248. The first-order valence-electron chi connectivity index (χ1n) is 20.9. The Morgan fingerprint density at radius 1 is 0.638 bits per heavy atom. The van der Waals surface area contributed by atoms with Crippen molar-refractivity contribution in [3.8, 4) is 17.2 Å². The van der Waals surface area contributed by atoms with Gasteiger partial charge in [0.15, 0.2) is 5.56 Å². The molecule has 9 nitrogen and oxygen atoms in total. The molecule has 3 aromatic rings. The fourth-order valence-corrected chi connectivity index (χ4v) is 10.0. The number of benzene rings is 3. The van der Waals surface area contributed by atoms with Gasteiger partial charge in [0.25, 0.3) is 0 Å². The molecular formula is C47H68Cl2N4O5. The number of carbonyl (C=O) groups is 1. The van der Waals surface area contributed by atoms with Gasteiger partial charge < -0.3 is 24.3 Å². The highest BCUT2D eigenvalue weighted by Gasteiger charge is 2.50. The van der Waals surface area contributed by atoms with E-state index in [1.54, 1.807) is 21.3 Å². The van der Waals surface area contributed by atoms with Gasteiger partial charge in [-0.1, -0.05) is 48.0 Å². The zero-order chi connectivity index (χ0) is 42.0. The third-order valence-electron chi connectivity index (χ3n) is 12.8. The lowest BCUT2D eigenvalue weighted by Gasteiger charge is -2.39. The van der Waals surface area contributed by atoms with Gasteiger partial charge >= 0.3 is 5.43 Å². The van der Waals surface area contributed by atoms with Gasteiger partial charge in [-0.2, -0.15) is 0 Å². The summed E-state index contributed by atoms with van der Waals surface area (Å²) in [7, 11) is 5.17. The van der Waals surface area contributed by atoms with E-state index >= 15 is 0 Å². The highest BCUT2D eigenvalue weighted by molar-refractivity contribution is 6.61. The second-order valence-electron chi connectivity index (χ2n) is 18.2. The van der Waals surface area contributed by atoms with Crippen LogP contribution in [0.1, 0.15) is 89.8 Å². The monoisotopic (exact) mass is 838 g/mol. The average Bonchev–Trinajstić information content (AvgIpc) is 3.58. The maximum Gasteiger partial charge on any atom is 0.405 e. The topological polar surface area (TPSA) is 75.7 Å². The third kappa shape index (κ3) is 13.0. The van der Waals surface area contributed by atoms with E-state index in [0.717, 1.165) is 36.9 Å². The molecule has 1 atom stereocenters. The van der Waals surface area contributed by atoms with Crippen LogP contribution < -0.4 is 19.5 Å². The third-order valence-corrected chi connectivity index (χ3v) is 13.0. The molecule has 0 amide bonds. The van der Waals surface area contributed by atoms with Crippen LogP contribution in [-0.2, 0) is 24.4 Å². The minimum Gasteiger partial charge on any atom is -0.497 e. The molecular weight excluding hydrogens is 771 g/mol. The molecule has 11 heteroatoms. The smallest absolute Gasteiger partial charge is 0.405 e. The van der Waals surface area contributed by atoms with E-state index in [9.17, 15) is 4.79 Å². The largest absolute Gasteiger partial charge is 0.497 e. The normalized spacial score (nSPS) is 21.3. The van der Waals surface area contributed by atoms with Crippen LogP contribution in [0.15, 0.2) is 72.8 Å². The maximum absolute atomic E-state index is 9.71. The molecule has 58 heavy (non-hydrogen) atoms. The number of hydrogen-bond acceptors (Lipinski definition) is 9. The number of ether oxygens (including phenoxy) is 4. The summed E-state index contributed by atoms with van der Waals surface area (Å²) in [4.78, 5) is 17.7. The molecule has 2 spiro atoms. The van der Waals surface area contributed by atoms with Crippen molar-refractivity contribution >= 4 is 28.6 Å². The summed E-state index contributed by atoms with van der Waals surface area (Å²) < 4.78 is 20.0. The Morgan fingerprint density at radius 2 is 1.00 bits per heavy atom. The van der Waals surface area contributed by atoms with Gasteiger partial charge in [-0.25, -0.2) is 4.79 Å². The van der Waals surface area contributed by atoms with E-state index in [0.29, 0.717) is 16.4 Å². The summed E-state index contributed by atoms with van der Waals surface area (Å²) in [6, 6.07) is 25.6. The first-order chi connectivity index (χ1) is 27.6. The van der Waals surface area contributed by atoms with E-state index in [1.165, 1.54) is 101 Å². The molecule has 0 aliphatic carbocycles. The van der Waals surface area contributed by atoms with Crippen LogP contribution >= 0.6 is 23.2 Å². The predicted molar refractivity (Wildman–Crippen MR) is 236 cm³/mol. The fraction of sp³-hybridized carbons (Fsp3) is 0.596. The maximum atomic E-state index is 9.71. The SMILES string of the molecule is CC(Cl)OC(=O)Cl.COc1ccc(CN2CC3(CCNCC3)CC2(C)C)cc1.COc1ccc(CN2CCC3(CC2)CN(Cc2ccc(OC)cc2)C(C)(C)C3)cc1. The van der Waals surface area contributed by atoms with Crippen LogP contribution in [0.3, 0.4) is 0 Å². The van der Waals surface area contributed by atoms with Crippen molar-refractivity contribution in [2.24, 2.45) is 10.8 Å². The summed E-state index contributed by atoms with van der Waals surface area (Å²) >= 11 is 9.87. The van der Waals surface area contributed by atoms with Gasteiger partial charge in [-0.05, 0) is 163 Å². The van der Waals surface area contributed by atoms with Crippen LogP contribution in [-0.4, -0.2) is 97.4 Å². The van der Waals surface area contributed by atoms with Gasteiger partial charge in [-0.3, -0.25) is 14.7 Å². The van der Waals surface area contributed by atoms with E-state index < -0.39 is 11.0 Å². The van der Waals surface area contributed by atoms with Gasteiger partial charge in [0.1, 0.15) is 17.2 Å². The molecule has 4 saturated heterocycles. The van der Waals surface area contributed by atoms with Crippen LogP contribution in [0, 0.1) is 10.8 Å². The summed E-state index contributed by atoms with van der Waals surface area (Å²) in [6.07, 6.45) is 7.88. The number of hydrogen-bond donors (Lipinski definition) is 1. The van der Waals surface area contributed by atoms with Crippen molar-refractivity contribution in [3.63, 3.8) is 0 Å². The molecule has 0 radical (unpaired) electrons. The van der Waals surface area contributed by atoms with Crippen molar-refractivity contribution in [1.82, 2.24) is 20.0 Å². The molecule has 4 heterocycles. The molecule has 3 aromatic carbocycles. The fourth-order valence-electron chi connectivity index (χ4n) is 9.78. The van der Waals surface area contributed by atoms with Gasteiger partial charge in [0, 0.05) is 55.4 Å². The Kier molecular flexibility index (Phi) is 16.2. The Balaban J connectivity index is 0.000000198. The van der Waals surface area contributed by atoms with Crippen LogP contribution in [0.5, 0.6) is 17.2 Å².